The Labute approximate surface area is 339 Å². The molecule has 0 aliphatic carbocycles. The lowest BCUT2D eigenvalue weighted by Crippen LogP contribution is -2.39. The number of benzene rings is 5. The van der Waals surface area contributed by atoms with Crippen LogP contribution in [0.15, 0.2) is 153 Å². The molecular weight excluding hydrogens is 745 g/mol. The van der Waals surface area contributed by atoms with Crippen LogP contribution in [-0.2, 0) is 29.8 Å². The molecule has 8 aromatic rings. The van der Waals surface area contributed by atoms with Gasteiger partial charge in [-0.2, -0.15) is 0 Å². The molecule has 0 aliphatic heterocycles. The van der Waals surface area contributed by atoms with Gasteiger partial charge in [0, 0.05) is 25.5 Å². The number of ether oxygens (including phenoxy) is 1. The van der Waals surface area contributed by atoms with Gasteiger partial charge in [-0.15, -0.1) is 5.10 Å². The number of esters is 1. The summed E-state index contributed by atoms with van der Waals surface area (Å²) in [7, 11) is 0. The van der Waals surface area contributed by atoms with Crippen LogP contribution in [0.3, 0.4) is 0 Å². The lowest BCUT2D eigenvalue weighted by atomic mass is 9.77. The topological polar surface area (TPSA) is 148 Å². The van der Waals surface area contributed by atoms with Crippen LogP contribution < -0.4 is 5.82 Å². The molecule has 8 rings (SSSR count). The molecule has 0 spiro atoms. The molecule has 59 heavy (non-hydrogen) atoms. The number of aryl methyl sites for hydroxylation is 2. The van der Waals surface area contributed by atoms with Crippen molar-refractivity contribution in [2.24, 2.45) is 0 Å². The second-order valence-electron chi connectivity index (χ2n) is 14.1. The van der Waals surface area contributed by atoms with Crippen LogP contribution in [0.5, 0.6) is 0 Å². The Bertz CT molecular complexity index is 2690. The van der Waals surface area contributed by atoms with Crippen molar-refractivity contribution in [1.29, 1.82) is 0 Å². The van der Waals surface area contributed by atoms with Crippen LogP contribution in [0.1, 0.15) is 80.8 Å². The van der Waals surface area contributed by atoms with Gasteiger partial charge < -0.3 is 18.1 Å². The van der Waals surface area contributed by atoms with E-state index in [0.29, 0.717) is 18.1 Å². The van der Waals surface area contributed by atoms with Crippen molar-refractivity contribution in [2.45, 2.75) is 52.3 Å². The predicted molar refractivity (Wildman–Crippen MR) is 220 cm³/mol. The lowest BCUT2D eigenvalue weighted by Gasteiger charge is -2.36. The molecule has 0 saturated heterocycles. The third-order valence-corrected chi connectivity index (χ3v) is 10.4. The molecule has 0 saturated carbocycles. The minimum absolute atomic E-state index is 0.0182. The van der Waals surface area contributed by atoms with Crippen molar-refractivity contribution in [2.75, 3.05) is 0 Å². The van der Waals surface area contributed by atoms with Gasteiger partial charge in [-0.05, 0) is 57.2 Å². The molecule has 5 aromatic carbocycles. The standard InChI is InChI=1S/C47H40N6O6/c1-4-16-41-48-42(31(2)54)43(45(55)57-30-40-32(3)58-46(56)59-40)52(41)29-33-25-27-34(28-26-33)38-23-14-15-24-39(38)44-49-50-51-53(44)47(35-17-8-5-9-18-35,36-19-10-6-11-20-36)37-21-12-7-13-22-37/h5-15,17-28H,4,16,29-30H2,1-3H3. The van der Waals surface area contributed by atoms with Crippen molar-refractivity contribution in [1.82, 2.24) is 29.8 Å². The van der Waals surface area contributed by atoms with Gasteiger partial charge in [0.05, 0.1) is 0 Å². The summed E-state index contributed by atoms with van der Waals surface area (Å²) in [6.07, 6.45) is 1.26. The molecule has 3 heterocycles. The van der Waals surface area contributed by atoms with Crippen molar-refractivity contribution >= 4 is 11.8 Å². The zero-order valence-corrected chi connectivity index (χ0v) is 32.7. The summed E-state index contributed by atoms with van der Waals surface area (Å²) in [6, 6.07) is 46.8. The molecule has 0 N–H and O–H groups in total. The quantitative estimate of drug-likeness (QED) is 0.0598. The molecule has 0 aliphatic rings. The Kier molecular flexibility index (Phi) is 10.8. The van der Waals surface area contributed by atoms with Gasteiger partial charge in [-0.1, -0.05) is 146 Å². The lowest BCUT2D eigenvalue weighted by molar-refractivity contribution is 0.0427. The number of carbonyl (C=O) groups is 2. The van der Waals surface area contributed by atoms with E-state index >= 15 is 0 Å². The molecule has 294 valence electrons. The Balaban J connectivity index is 1.18. The molecule has 12 nitrogen and oxygen atoms in total. The largest absolute Gasteiger partial charge is 0.519 e. The summed E-state index contributed by atoms with van der Waals surface area (Å²) in [5.74, 6) is -0.584. The van der Waals surface area contributed by atoms with E-state index in [1.807, 2.05) is 115 Å². The maximum Gasteiger partial charge on any atom is 0.519 e. The first-order valence-corrected chi connectivity index (χ1v) is 19.3. The van der Waals surface area contributed by atoms with Gasteiger partial charge in [0.1, 0.15) is 17.1 Å². The fraction of sp³-hybridized carbons (Fsp3) is 0.170. The highest BCUT2D eigenvalue weighted by atomic mass is 16.6. The number of Topliss-reactive ketones (excluding diaryl/α,β-unsaturated/α-hetero) is 1. The number of ketones is 1. The maximum atomic E-state index is 13.6. The Morgan fingerprint density at radius 1 is 0.746 bits per heavy atom. The van der Waals surface area contributed by atoms with E-state index in [1.165, 1.54) is 13.8 Å². The second-order valence-corrected chi connectivity index (χ2v) is 14.1. The van der Waals surface area contributed by atoms with E-state index in [0.717, 1.165) is 45.4 Å². The Morgan fingerprint density at radius 3 is 1.86 bits per heavy atom. The fourth-order valence-corrected chi connectivity index (χ4v) is 7.63. The summed E-state index contributed by atoms with van der Waals surface area (Å²) in [5, 5.41) is 13.7. The fourth-order valence-electron chi connectivity index (χ4n) is 7.63. The van der Waals surface area contributed by atoms with E-state index in [1.54, 1.807) is 4.57 Å². The number of hydrogen-bond donors (Lipinski definition) is 0. The summed E-state index contributed by atoms with van der Waals surface area (Å²) in [4.78, 5) is 42.6. The van der Waals surface area contributed by atoms with Crippen molar-refractivity contribution < 1.29 is 23.2 Å². The van der Waals surface area contributed by atoms with E-state index in [9.17, 15) is 14.4 Å². The highest BCUT2D eigenvalue weighted by Gasteiger charge is 2.42. The molecule has 0 bridgehead atoms. The van der Waals surface area contributed by atoms with Gasteiger partial charge in [-0.25, -0.2) is 19.3 Å². The summed E-state index contributed by atoms with van der Waals surface area (Å²) >= 11 is 0. The van der Waals surface area contributed by atoms with Crippen LogP contribution in [0.2, 0.25) is 0 Å². The Hall–Kier alpha value is -7.47. The smallest absolute Gasteiger partial charge is 0.453 e. The highest BCUT2D eigenvalue weighted by molar-refractivity contribution is 6.03. The molecule has 0 fully saturated rings. The summed E-state index contributed by atoms with van der Waals surface area (Å²) in [6.45, 7) is 4.80. The van der Waals surface area contributed by atoms with Crippen LogP contribution in [-0.4, -0.2) is 41.5 Å². The van der Waals surface area contributed by atoms with E-state index in [2.05, 4.69) is 46.6 Å². The van der Waals surface area contributed by atoms with Gasteiger partial charge in [0.2, 0.25) is 0 Å². The van der Waals surface area contributed by atoms with Crippen molar-refractivity contribution in [3.63, 3.8) is 0 Å². The molecule has 0 amide bonds. The average Bonchev–Trinajstić information content (AvgIpc) is 3.99. The van der Waals surface area contributed by atoms with Gasteiger partial charge >= 0.3 is 11.8 Å². The van der Waals surface area contributed by atoms with Gasteiger partial charge in [0.25, 0.3) is 0 Å². The van der Waals surface area contributed by atoms with Gasteiger partial charge in [-0.3, -0.25) is 4.79 Å². The zero-order chi connectivity index (χ0) is 40.9. The first-order chi connectivity index (χ1) is 28.8. The zero-order valence-electron chi connectivity index (χ0n) is 32.7. The third kappa shape index (κ3) is 7.32. The minimum Gasteiger partial charge on any atom is -0.453 e. The normalized spacial score (nSPS) is 11.4. The number of carbonyl (C=O) groups excluding carboxylic acids is 2. The maximum absolute atomic E-state index is 13.6. The number of aromatic nitrogens is 6. The molecule has 0 radical (unpaired) electrons. The third-order valence-electron chi connectivity index (χ3n) is 10.4. The monoisotopic (exact) mass is 784 g/mol. The number of tetrazole rings is 1. The number of nitrogens with zero attached hydrogens (tertiary/aromatic N) is 6. The van der Waals surface area contributed by atoms with Crippen LogP contribution in [0.4, 0.5) is 0 Å². The van der Waals surface area contributed by atoms with Crippen LogP contribution in [0, 0.1) is 6.92 Å². The molecule has 0 unspecified atom stereocenters. The van der Waals surface area contributed by atoms with E-state index in [-0.39, 0.29) is 41.8 Å². The van der Waals surface area contributed by atoms with Gasteiger partial charge in [0.15, 0.2) is 35.4 Å². The van der Waals surface area contributed by atoms with Crippen molar-refractivity contribution in [3.05, 3.63) is 201 Å². The molecule has 3 aromatic heterocycles. The minimum atomic E-state index is -0.927. The van der Waals surface area contributed by atoms with E-state index in [4.69, 9.17) is 23.9 Å². The molecule has 12 heteroatoms. The second kappa shape index (κ2) is 16.6. The number of rotatable bonds is 14. The highest BCUT2D eigenvalue weighted by Crippen LogP contribution is 2.43. The average molecular weight is 785 g/mol. The first-order valence-electron chi connectivity index (χ1n) is 19.3. The number of hydrogen-bond acceptors (Lipinski definition) is 10. The van der Waals surface area contributed by atoms with Crippen molar-refractivity contribution in [3.8, 4) is 22.5 Å². The first kappa shape index (κ1) is 38.4. The molecule has 0 atom stereocenters. The summed E-state index contributed by atoms with van der Waals surface area (Å²) in [5.41, 5.74) is 5.63. The number of imidazole rings is 1. The van der Waals surface area contributed by atoms with E-state index < -0.39 is 17.3 Å². The van der Waals surface area contributed by atoms with Crippen LogP contribution >= 0.6 is 0 Å². The SMILES string of the molecule is CCCc1nc(C(C)=O)c(C(=O)OCc2oc(=O)oc2C)n1Cc1ccc(-c2ccccc2-c2nnnn2C(c2ccccc2)(c2ccccc2)c2ccccc2)cc1. The Morgan fingerprint density at radius 2 is 1.32 bits per heavy atom. The van der Waals surface area contributed by atoms with Crippen LogP contribution in [0.25, 0.3) is 22.5 Å². The predicted octanol–water partition coefficient (Wildman–Crippen LogP) is 8.46. The molecular formula is C47H40N6O6. The summed E-state index contributed by atoms with van der Waals surface area (Å²) < 4.78 is 19.1.